The molecule has 0 bridgehead atoms. The van der Waals surface area contributed by atoms with Crippen molar-refractivity contribution in [1.82, 2.24) is 0 Å². The van der Waals surface area contributed by atoms with Crippen molar-refractivity contribution >= 4 is 0 Å². The number of ether oxygens (including phenoxy) is 1. The zero-order chi connectivity index (χ0) is 10.5. The quantitative estimate of drug-likeness (QED) is 0.763. The highest BCUT2D eigenvalue weighted by Gasteiger charge is 2.57. The van der Waals surface area contributed by atoms with Crippen molar-refractivity contribution in [3.05, 3.63) is 29.6 Å². The third-order valence-corrected chi connectivity index (χ3v) is 3.74. The fraction of sp³-hybridized carbons (Fsp3) is 0.500. The number of fused-ring (bicyclic) bond motifs is 2. The Hall–Kier alpha value is -1.09. The lowest BCUT2D eigenvalue weighted by Gasteiger charge is -2.26. The molecule has 15 heavy (non-hydrogen) atoms. The van der Waals surface area contributed by atoms with Crippen LogP contribution in [0, 0.1) is 11.7 Å². The van der Waals surface area contributed by atoms with Crippen molar-refractivity contribution in [2.24, 2.45) is 5.92 Å². The second kappa shape index (κ2) is 2.95. The number of halogens is 1. The van der Waals surface area contributed by atoms with Crippen molar-refractivity contribution in [2.45, 2.75) is 18.3 Å². The highest BCUT2D eigenvalue weighted by atomic mass is 19.1. The number of rotatable bonds is 1. The van der Waals surface area contributed by atoms with E-state index < -0.39 is 0 Å². The van der Waals surface area contributed by atoms with E-state index in [-0.39, 0.29) is 17.8 Å². The minimum Gasteiger partial charge on any atom is -0.493 e. The first-order chi connectivity index (χ1) is 7.26. The minimum absolute atomic E-state index is 0.00440. The molecule has 80 valence electrons. The maximum absolute atomic E-state index is 13.2. The summed E-state index contributed by atoms with van der Waals surface area (Å²) >= 11 is 0. The molecule has 1 aromatic rings. The largest absolute Gasteiger partial charge is 0.493 e. The van der Waals surface area contributed by atoms with Crippen LogP contribution in [0.2, 0.25) is 0 Å². The zero-order valence-corrected chi connectivity index (χ0v) is 8.37. The van der Waals surface area contributed by atoms with E-state index in [9.17, 15) is 9.50 Å². The molecular weight excluding hydrogens is 195 g/mol. The van der Waals surface area contributed by atoms with E-state index >= 15 is 0 Å². The van der Waals surface area contributed by atoms with Gasteiger partial charge in [0.25, 0.3) is 0 Å². The van der Waals surface area contributed by atoms with Gasteiger partial charge in [0.15, 0.2) is 0 Å². The van der Waals surface area contributed by atoms with Crippen molar-refractivity contribution in [1.29, 1.82) is 0 Å². The topological polar surface area (TPSA) is 29.5 Å². The van der Waals surface area contributed by atoms with E-state index in [0.717, 1.165) is 24.2 Å². The van der Waals surface area contributed by atoms with E-state index in [2.05, 4.69) is 0 Å². The molecule has 1 fully saturated rings. The van der Waals surface area contributed by atoms with Crippen molar-refractivity contribution in [2.75, 3.05) is 13.2 Å². The molecule has 3 heteroatoms. The Morgan fingerprint density at radius 1 is 1.53 bits per heavy atom. The Labute approximate surface area is 87.7 Å². The molecule has 2 atom stereocenters. The molecule has 0 saturated heterocycles. The van der Waals surface area contributed by atoms with Crippen LogP contribution in [0.25, 0.3) is 0 Å². The van der Waals surface area contributed by atoms with Gasteiger partial charge in [-0.25, -0.2) is 4.39 Å². The summed E-state index contributed by atoms with van der Waals surface area (Å²) in [6.07, 6.45) is 1.86. The summed E-state index contributed by atoms with van der Waals surface area (Å²) < 4.78 is 18.7. The predicted molar refractivity (Wildman–Crippen MR) is 53.4 cm³/mol. The Bertz CT molecular complexity index is 405. The molecule has 1 saturated carbocycles. The summed E-state index contributed by atoms with van der Waals surface area (Å²) in [6.45, 7) is 0.866. The molecule has 2 aliphatic rings. The normalized spacial score (nSPS) is 32.3. The van der Waals surface area contributed by atoms with Gasteiger partial charge in [0, 0.05) is 17.6 Å². The number of hydrogen-bond acceptors (Lipinski definition) is 2. The lowest BCUT2D eigenvalue weighted by molar-refractivity contribution is 0.224. The zero-order valence-electron chi connectivity index (χ0n) is 8.37. The van der Waals surface area contributed by atoms with Crippen LogP contribution >= 0.6 is 0 Å². The van der Waals surface area contributed by atoms with Crippen LogP contribution in [-0.2, 0) is 5.41 Å². The molecule has 1 aliphatic heterocycles. The van der Waals surface area contributed by atoms with Crippen molar-refractivity contribution in [3.63, 3.8) is 0 Å². The Morgan fingerprint density at radius 2 is 2.40 bits per heavy atom. The van der Waals surface area contributed by atoms with Crippen LogP contribution in [0.1, 0.15) is 18.4 Å². The number of aliphatic hydroxyl groups excluding tert-OH is 1. The first kappa shape index (κ1) is 9.16. The third-order valence-electron chi connectivity index (χ3n) is 3.74. The van der Waals surface area contributed by atoms with Crippen LogP contribution in [0.5, 0.6) is 5.75 Å². The predicted octanol–water partition coefficient (Wildman–Crippen LogP) is 1.86. The van der Waals surface area contributed by atoms with Gasteiger partial charge < -0.3 is 9.84 Å². The molecular formula is C12H13FO2. The average molecular weight is 208 g/mol. The molecule has 1 aliphatic carbocycles. The van der Waals surface area contributed by atoms with Crippen LogP contribution in [0.15, 0.2) is 18.2 Å². The van der Waals surface area contributed by atoms with E-state index in [0.29, 0.717) is 12.5 Å². The van der Waals surface area contributed by atoms with Gasteiger partial charge in [-0.2, -0.15) is 0 Å². The molecule has 1 spiro atoms. The van der Waals surface area contributed by atoms with Gasteiger partial charge in [0.2, 0.25) is 0 Å². The molecule has 0 radical (unpaired) electrons. The van der Waals surface area contributed by atoms with Gasteiger partial charge in [-0.1, -0.05) is 0 Å². The van der Waals surface area contributed by atoms with Gasteiger partial charge in [-0.3, -0.25) is 0 Å². The summed E-state index contributed by atoms with van der Waals surface area (Å²) in [5.41, 5.74) is 0.956. The molecule has 1 heterocycles. The summed E-state index contributed by atoms with van der Waals surface area (Å²) in [5.74, 6) is 0.864. The number of aliphatic hydroxyl groups is 1. The van der Waals surface area contributed by atoms with E-state index in [4.69, 9.17) is 4.74 Å². The summed E-state index contributed by atoms with van der Waals surface area (Å²) in [4.78, 5) is 0. The van der Waals surface area contributed by atoms with Gasteiger partial charge in [0.05, 0.1) is 6.61 Å². The van der Waals surface area contributed by atoms with E-state index in [1.807, 2.05) is 0 Å². The third kappa shape index (κ3) is 1.19. The highest BCUT2D eigenvalue weighted by Crippen LogP contribution is 2.60. The number of hydrogen-bond donors (Lipinski definition) is 1. The van der Waals surface area contributed by atoms with E-state index in [1.165, 1.54) is 6.07 Å². The maximum Gasteiger partial charge on any atom is 0.123 e. The monoisotopic (exact) mass is 208 g/mol. The fourth-order valence-electron chi connectivity index (χ4n) is 2.75. The Morgan fingerprint density at radius 3 is 3.13 bits per heavy atom. The highest BCUT2D eigenvalue weighted by molar-refractivity contribution is 5.46. The second-order valence-electron chi connectivity index (χ2n) is 4.48. The van der Waals surface area contributed by atoms with Crippen LogP contribution in [0.4, 0.5) is 4.39 Å². The standard InChI is InChI=1S/C12H13FO2/c13-9-1-2-11-10(5-9)12(3-4-15-11)6-8(12)7-14/h1-2,5,8,14H,3-4,6-7H2. The molecule has 2 nitrogen and oxygen atoms in total. The smallest absolute Gasteiger partial charge is 0.123 e. The summed E-state index contributed by atoms with van der Waals surface area (Å²) in [7, 11) is 0. The van der Waals surface area contributed by atoms with Crippen LogP contribution in [-0.4, -0.2) is 18.3 Å². The molecule has 0 aromatic heterocycles. The summed E-state index contributed by atoms with van der Waals surface area (Å²) in [5, 5.41) is 9.18. The van der Waals surface area contributed by atoms with Crippen LogP contribution < -0.4 is 4.74 Å². The fourth-order valence-corrected chi connectivity index (χ4v) is 2.75. The van der Waals surface area contributed by atoms with Gasteiger partial charge >= 0.3 is 0 Å². The van der Waals surface area contributed by atoms with Crippen LogP contribution in [0.3, 0.4) is 0 Å². The molecule has 0 amide bonds. The number of benzene rings is 1. The van der Waals surface area contributed by atoms with Crippen molar-refractivity contribution in [3.8, 4) is 5.75 Å². The lowest BCUT2D eigenvalue weighted by atomic mass is 9.87. The second-order valence-corrected chi connectivity index (χ2v) is 4.48. The van der Waals surface area contributed by atoms with E-state index in [1.54, 1.807) is 12.1 Å². The Kier molecular flexibility index (Phi) is 1.80. The average Bonchev–Trinajstić information content (AvgIpc) is 2.94. The molecule has 2 unspecified atom stereocenters. The first-order valence-electron chi connectivity index (χ1n) is 5.30. The first-order valence-corrected chi connectivity index (χ1v) is 5.30. The van der Waals surface area contributed by atoms with Gasteiger partial charge in [-0.05, 0) is 37.0 Å². The maximum atomic E-state index is 13.2. The lowest BCUT2D eigenvalue weighted by Crippen LogP contribution is -2.22. The molecule has 3 rings (SSSR count). The van der Waals surface area contributed by atoms with Gasteiger partial charge in [0.1, 0.15) is 11.6 Å². The molecule has 1 aromatic carbocycles. The minimum atomic E-state index is -0.220. The van der Waals surface area contributed by atoms with Gasteiger partial charge in [-0.15, -0.1) is 0 Å². The Balaban J connectivity index is 2.07. The summed E-state index contributed by atoms with van der Waals surface area (Å²) in [6, 6.07) is 4.68. The van der Waals surface area contributed by atoms with Crippen molar-refractivity contribution < 1.29 is 14.2 Å². The SMILES string of the molecule is OCC1CC12CCOc1ccc(F)cc12. The molecule has 1 N–H and O–H groups in total.